The first-order valence-electron chi connectivity index (χ1n) is 7.40. The van der Waals surface area contributed by atoms with Gasteiger partial charge in [-0.3, -0.25) is 4.79 Å². The second-order valence-electron chi connectivity index (χ2n) is 5.52. The molecule has 0 aliphatic heterocycles. The average Bonchev–Trinajstić information content (AvgIpc) is 2.84. The number of ether oxygens (including phenoxy) is 1. The molecule has 4 heteroatoms. The number of fused-ring (bicyclic) bond motifs is 1. The van der Waals surface area contributed by atoms with E-state index in [1.807, 2.05) is 6.07 Å². The molecule has 110 valence electrons. The van der Waals surface area contributed by atoms with E-state index in [1.54, 1.807) is 6.92 Å². The minimum Gasteiger partial charge on any atom is -0.493 e. The van der Waals surface area contributed by atoms with Crippen molar-refractivity contribution in [1.29, 1.82) is 0 Å². The van der Waals surface area contributed by atoms with E-state index in [1.165, 1.54) is 11.1 Å². The van der Waals surface area contributed by atoms with E-state index in [2.05, 4.69) is 24.4 Å². The largest absolute Gasteiger partial charge is 0.493 e. The third kappa shape index (κ3) is 3.51. The van der Waals surface area contributed by atoms with Crippen molar-refractivity contribution >= 4 is 5.91 Å². The van der Waals surface area contributed by atoms with E-state index >= 15 is 0 Å². The smallest absolute Gasteiger partial charge is 0.223 e. The molecule has 1 aliphatic carbocycles. The number of amides is 1. The quantitative estimate of drug-likeness (QED) is 0.802. The number of nitrogens with one attached hydrogen (secondary N) is 1. The molecule has 0 heterocycles. The van der Waals surface area contributed by atoms with Crippen molar-refractivity contribution in [3.63, 3.8) is 0 Å². The molecule has 1 aliphatic rings. The maximum atomic E-state index is 11.0. The zero-order valence-electron chi connectivity index (χ0n) is 12.3. The lowest BCUT2D eigenvalue weighted by Crippen LogP contribution is -2.25. The monoisotopic (exact) mass is 276 g/mol. The SMILES string of the molecule is CCCNC1CCc2cc(OCC(C)C(N)=O)ccc21. The summed E-state index contributed by atoms with van der Waals surface area (Å²) in [5.74, 6) is 0.241. The molecule has 0 saturated heterocycles. The van der Waals surface area contributed by atoms with Crippen molar-refractivity contribution in [1.82, 2.24) is 5.32 Å². The standard InChI is InChI=1S/C16H24N2O2/c1-3-8-18-15-7-4-12-9-13(5-6-14(12)15)20-10-11(2)16(17)19/h5-6,9,11,15,18H,3-4,7-8,10H2,1-2H3,(H2,17,19). The summed E-state index contributed by atoms with van der Waals surface area (Å²) < 4.78 is 5.65. The van der Waals surface area contributed by atoms with Gasteiger partial charge in [0.15, 0.2) is 0 Å². The first-order valence-corrected chi connectivity index (χ1v) is 7.40. The van der Waals surface area contributed by atoms with Gasteiger partial charge in [0.05, 0.1) is 12.5 Å². The molecular weight excluding hydrogens is 252 g/mol. The Morgan fingerprint density at radius 3 is 3.05 bits per heavy atom. The molecule has 4 nitrogen and oxygen atoms in total. The van der Waals surface area contributed by atoms with Crippen molar-refractivity contribution < 1.29 is 9.53 Å². The van der Waals surface area contributed by atoms with Gasteiger partial charge in [-0.05, 0) is 49.1 Å². The van der Waals surface area contributed by atoms with Crippen LogP contribution in [0.2, 0.25) is 0 Å². The van der Waals surface area contributed by atoms with Crippen LogP contribution in [0.1, 0.15) is 43.9 Å². The first-order chi connectivity index (χ1) is 9.61. The lowest BCUT2D eigenvalue weighted by Gasteiger charge is -2.14. The molecule has 0 spiro atoms. The fourth-order valence-corrected chi connectivity index (χ4v) is 2.52. The fourth-order valence-electron chi connectivity index (χ4n) is 2.52. The molecule has 1 aromatic carbocycles. The molecule has 2 unspecified atom stereocenters. The Balaban J connectivity index is 1.97. The highest BCUT2D eigenvalue weighted by Gasteiger charge is 2.22. The predicted molar refractivity (Wildman–Crippen MR) is 79.7 cm³/mol. The highest BCUT2D eigenvalue weighted by molar-refractivity contribution is 5.76. The fraction of sp³-hybridized carbons (Fsp3) is 0.562. The van der Waals surface area contributed by atoms with E-state index in [9.17, 15) is 4.79 Å². The van der Waals surface area contributed by atoms with Gasteiger partial charge >= 0.3 is 0 Å². The van der Waals surface area contributed by atoms with Crippen LogP contribution in [-0.2, 0) is 11.2 Å². The molecule has 0 aromatic heterocycles. The number of benzene rings is 1. The Kier molecular flexibility index (Phi) is 5.01. The van der Waals surface area contributed by atoms with Crippen LogP contribution in [0.15, 0.2) is 18.2 Å². The van der Waals surface area contributed by atoms with Gasteiger partial charge in [0.2, 0.25) is 5.91 Å². The second-order valence-corrected chi connectivity index (χ2v) is 5.52. The topological polar surface area (TPSA) is 64.3 Å². The number of carbonyl (C=O) groups excluding carboxylic acids is 1. The molecule has 2 atom stereocenters. The van der Waals surface area contributed by atoms with Crippen molar-refractivity contribution in [3.8, 4) is 5.75 Å². The Hall–Kier alpha value is -1.55. The lowest BCUT2D eigenvalue weighted by molar-refractivity contribution is -0.122. The van der Waals surface area contributed by atoms with Crippen LogP contribution in [-0.4, -0.2) is 19.1 Å². The number of rotatable bonds is 7. The third-order valence-electron chi connectivity index (χ3n) is 3.82. The van der Waals surface area contributed by atoms with Crippen LogP contribution < -0.4 is 15.8 Å². The number of carbonyl (C=O) groups is 1. The highest BCUT2D eigenvalue weighted by atomic mass is 16.5. The zero-order chi connectivity index (χ0) is 14.5. The average molecular weight is 276 g/mol. The zero-order valence-corrected chi connectivity index (χ0v) is 12.3. The Bertz CT molecular complexity index is 474. The summed E-state index contributed by atoms with van der Waals surface area (Å²) in [4.78, 5) is 11.0. The number of hydrogen-bond donors (Lipinski definition) is 2. The van der Waals surface area contributed by atoms with Gasteiger partial charge < -0.3 is 15.8 Å². The van der Waals surface area contributed by atoms with Crippen LogP contribution >= 0.6 is 0 Å². The number of nitrogens with two attached hydrogens (primary N) is 1. The molecule has 1 aromatic rings. The molecule has 0 bridgehead atoms. The van der Waals surface area contributed by atoms with Crippen molar-refractivity contribution in [2.75, 3.05) is 13.2 Å². The van der Waals surface area contributed by atoms with Crippen LogP contribution in [0.5, 0.6) is 5.75 Å². The first kappa shape index (κ1) is 14.9. The molecule has 1 amide bonds. The van der Waals surface area contributed by atoms with E-state index in [0.717, 1.165) is 31.6 Å². The summed E-state index contributed by atoms with van der Waals surface area (Å²) in [6.07, 6.45) is 3.38. The van der Waals surface area contributed by atoms with Gasteiger partial charge in [-0.2, -0.15) is 0 Å². The highest BCUT2D eigenvalue weighted by Crippen LogP contribution is 2.33. The summed E-state index contributed by atoms with van der Waals surface area (Å²) in [6.45, 7) is 5.35. The van der Waals surface area contributed by atoms with E-state index in [-0.39, 0.29) is 11.8 Å². The minimum absolute atomic E-state index is 0.262. The maximum Gasteiger partial charge on any atom is 0.223 e. The molecule has 20 heavy (non-hydrogen) atoms. The lowest BCUT2D eigenvalue weighted by atomic mass is 10.1. The normalized spacial score (nSPS) is 18.6. The molecule has 0 saturated carbocycles. The summed E-state index contributed by atoms with van der Waals surface area (Å²) in [6, 6.07) is 6.69. The number of primary amides is 1. The Labute approximate surface area is 120 Å². The van der Waals surface area contributed by atoms with E-state index < -0.39 is 0 Å². The second kappa shape index (κ2) is 6.75. The van der Waals surface area contributed by atoms with Crippen molar-refractivity contribution in [2.24, 2.45) is 11.7 Å². The van der Waals surface area contributed by atoms with Gasteiger partial charge in [0.1, 0.15) is 5.75 Å². The van der Waals surface area contributed by atoms with Crippen LogP contribution in [0, 0.1) is 5.92 Å². The van der Waals surface area contributed by atoms with Crippen LogP contribution in [0.4, 0.5) is 0 Å². The van der Waals surface area contributed by atoms with Gasteiger partial charge in [0.25, 0.3) is 0 Å². The number of hydrogen-bond acceptors (Lipinski definition) is 3. The van der Waals surface area contributed by atoms with Crippen molar-refractivity contribution in [2.45, 2.75) is 39.2 Å². The van der Waals surface area contributed by atoms with Gasteiger partial charge in [0, 0.05) is 6.04 Å². The van der Waals surface area contributed by atoms with Crippen LogP contribution in [0.25, 0.3) is 0 Å². The summed E-state index contributed by atoms with van der Waals surface area (Å²) >= 11 is 0. The molecule has 0 fully saturated rings. The summed E-state index contributed by atoms with van der Waals surface area (Å²) in [7, 11) is 0. The predicted octanol–water partition coefficient (Wildman–Crippen LogP) is 2.17. The maximum absolute atomic E-state index is 11.0. The molecule has 0 radical (unpaired) electrons. The number of aryl methyl sites for hydroxylation is 1. The third-order valence-corrected chi connectivity index (χ3v) is 3.82. The minimum atomic E-state index is -0.324. The Morgan fingerprint density at radius 1 is 1.55 bits per heavy atom. The summed E-state index contributed by atoms with van der Waals surface area (Å²) in [5, 5.41) is 3.57. The summed E-state index contributed by atoms with van der Waals surface area (Å²) in [5.41, 5.74) is 7.96. The molecular formula is C16H24N2O2. The van der Waals surface area contributed by atoms with E-state index in [4.69, 9.17) is 10.5 Å². The van der Waals surface area contributed by atoms with Crippen LogP contribution in [0.3, 0.4) is 0 Å². The molecule has 2 rings (SSSR count). The van der Waals surface area contributed by atoms with Crippen molar-refractivity contribution in [3.05, 3.63) is 29.3 Å². The molecule has 3 N–H and O–H groups in total. The van der Waals surface area contributed by atoms with E-state index in [0.29, 0.717) is 12.6 Å². The van der Waals surface area contributed by atoms with Gasteiger partial charge in [-0.25, -0.2) is 0 Å². The van der Waals surface area contributed by atoms with Gasteiger partial charge in [-0.1, -0.05) is 19.9 Å². The van der Waals surface area contributed by atoms with Gasteiger partial charge in [-0.15, -0.1) is 0 Å². The Morgan fingerprint density at radius 2 is 2.35 bits per heavy atom.